The van der Waals surface area contributed by atoms with Crippen molar-refractivity contribution >= 4 is 5.91 Å². The molecule has 0 spiro atoms. The minimum absolute atomic E-state index is 0.194. The number of rotatable bonds is 6. The van der Waals surface area contributed by atoms with E-state index in [-0.39, 0.29) is 5.91 Å². The van der Waals surface area contributed by atoms with E-state index in [1.165, 1.54) is 19.3 Å². The summed E-state index contributed by atoms with van der Waals surface area (Å²) in [7, 11) is 3.60. The zero-order chi connectivity index (χ0) is 12.7. The van der Waals surface area contributed by atoms with Crippen LogP contribution in [-0.4, -0.2) is 50.7 Å². The van der Waals surface area contributed by atoms with Crippen LogP contribution < -0.4 is 5.32 Å². The zero-order valence-corrected chi connectivity index (χ0v) is 11.4. The summed E-state index contributed by atoms with van der Waals surface area (Å²) >= 11 is 0. The first-order chi connectivity index (χ1) is 8.16. The Labute approximate surface area is 105 Å². The summed E-state index contributed by atoms with van der Waals surface area (Å²) in [5, 5.41) is 3.10. The summed E-state index contributed by atoms with van der Waals surface area (Å²) in [6.07, 6.45) is 4.97. The van der Waals surface area contributed by atoms with Gasteiger partial charge in [-0.3, -0.25) is 4.79 Å². The van der Waals surface area contributed by atoms with Crippen molar-refractivity contribution in [1.82, 2.24) is 10.2 Å². The summed E-state index contributed by atoms with van der Waals surface area (Å²) in [5.74, 6) is 0.830. The van der Waals surface area contributed by atoms with Crippen molar-refractivity contribution in [2.75, 3.05) is 33.9 Å². The number of carbonyl (C=O) groups is 1. The van der Waals surface area contributed by atoms with Gasteiger partial charge < -0.3 is 15.0 Å². The fourth-order valence-electron chi connectivity index (χ4n) is 2.55. The van der Waals surface area contributed by atoms with Crippen LogP contribution in [0.25, 0.3) is 0 Å². The Kier molecular flexibility index (Phi) is 6.52. The predicted molar refractivity (Wildman–Crippen MR) is 68.9 cm³/mol. The average molecular weight is 242 g/mol. The second-order valence-corrected chi connectivity index (χ2v) is 5.00. The van der Waals surface area contributed by atoms with Gasteiger partial charge in [-0.15, -0.1) is 0 Å². The Balaban J connectivity index is 2.29. The quantitative estimate of drug-likeness (QED) is 0.713. The van der Waals surface area contributed by atoms with Gasteiger partial charge >= 0.3 is 0 Å². The minimum Gasteiger partial charge on any atom is -0.383 e. The fraction of sp³-hybridized carbons (Fsp3) is 0.923. The first kappa shape index (κ1) is 14.5. The maximum Gasteiger partial charge on any atom is 0.236 e. The van der Waals surface area contributed by atoms with Crippen LogP contribution in [-0.2, 0) is 9.53 Å². The van der Waals surface area contributed by atoms with Gasteiger partial charge in [0.15, 0.2) is 0 Å². The number of hydrogen-bond donors (Lipinski definition) is 1. The van der Waals surface area contributed by atoms with Crippen molar-refractivity contribution in [2.45, 2.75) is 38.6 Å². The smallest absolute Gasteiger partial charge is 0.236 e. The summed E-state index contributed by atoms with van der Waals surface area (Å²) < 4.78 is 4.93. The van der Waals surface area contributed by atoms with Gasteiger partial charge in [-0.25, -0.2) is 0 Å². The minimum atomic E-state index is 0.194. The zero-order valence-electron chi connectivity index (χ0n) is 11.4. The standard InChI is InChI=1S/C13H26N2O2/c1-11-6-4-5-7-12(11)15(2)13(16)10-14-8-9-17-3/h11-12,14H,4-10H2,1-3H3. The molecule has 0 aromatic heterocycles. The molecular formula is C13H26N2O2. The molecule has 1 N–H and O–H groups in total. The van der Waals surface area contributed by atoms with Gasteiger partial charge in [-0.05, 0) is 18.8 Å². The van der Waals surface area contributed by atoms with Crippen LogP contribution in [0, 0.1) is 5.92 Å². The highest BCUT2D eigenvalue weighted by Crippen LogP contribution is 2.27. The second kappa shape index (κ2) is 7.67. The van der Waals surface area contributed by atoms with Gasteiger partial charge in [0, 0.05) is 26.7 Å². The molecule has 0 bridgehead atoms. The highest BCUT2D eigenvalue weighted by atomic mass is 16.5. The first-order valence-corrected chi connectivity index (χ1v) is 6.62. The molecule has 1 aliphatic rings. The third-order valence-corrected chi connectivity index (χ3v) is 3.72. The molecule has 0 saturated heterocycles. The van der Waals surface area contributed by atoms with E-state index >= 15 is 0 Å². The molecule has 1 fully saturated rings. The lowest BCUT2D eigenvalue weighted by Crippen LogP contribution is -2.46. The Morgan fingerprint density at radius 3 is 2.76 bits per heavy atom. The maximum absolute atomic E-state index is 12.0. The van der Waals surface area contributed by atoms with E-state index in [0.717, 1.165) is 13.0 Å². The Morgan fingerprint density at radius 1 is 1.41 bits per heavy atom. The van der Waals surface area contributed by atoms with E-state index in [2.05, 4.69) is 12.2 Å². The van der Waals surface area contributed by atoms with Crippen LogP contribution >= 0.6 is 0 Å². The predicted octanol–water partition coefficient (Wildman–Crippen LogP) is 1.26. The lowest BCUT2D eigenvalue weighted by atomic mass is 9.85. The van der Waals surface area contributed by atoms with Crippen LogP contribution in [0.15, 0.2) is 0 Å². The molecule has 0 aromatic rings. The third-order valence-electron chi connectivity index (χ3n) is 3.72. The monoisotopic (exact) mass is 242 g/mol. The van der Waals surface area contributed by atoms with Crippen LogP contribution in [0.3, 0.4) is 0 Å². The molecule has 0 radical (unpaired) electrons. The molecule has 1 aliphatic carbocycles. The van der Waals surface area contributed by atoms with Gasteiger partial charge in [-0.2, -0.15) is 0 Å². The van der Waals surface area contributed by atoms with Gasteiger partial charge in [-0.1, -0.05) is 19.8 Å². The van der Waals surface area contributed by atoms with Crippen LogP contribution in [0.5, 0.6) is 0 Å². The highest BCUT2D eigenvalue weighted by Gasteiger charge is 2.27. The van der Waals surface area contributed by atoms with Gasteiger partial charge in [0.25, 0.3) is 0 Å². The molecule has 17 heavy (non-hydrogen) atoms. The van der Waals surface area contributed by atoms with Crippen molar-refractivity contribution in [3.63, 3.8) is 0 Å². The van der Waals surface area contributed by atoms with Crippen molar-refractivity contribution < 1.29 is 9.53 Å². The van der Waals surface area contributed by atoms with Crippen molar-refractivity contribution in [1.29, 1.82) is 0 Å². The normalized spacial score (nSPS) is 24.6. The summed E-state index contributed by atoms with van der Waals surface area (Å²) in [5.41, 5.74) is 0. The Bertz CT molecular complexity index is 233. The molecular weight excluding hydrogens is 216 g/mol. The number of hydrogen-bond acceptors (Lipinski definition) is 3. The van der Waals surface area contributed by atoms with E-state index in [9.17, 15) is 4.79 Å². The SMILES string of the molecule is COCCNCC(=O)N(C)C1CCCCC1C. The molecule has 1 saturated carbocycles. The first-order valence-electron chi connectivity index (χ1n) is 6.62. The van der Waals surface area contributed by atoms with E-state index in [1.807, 2.05) is 11.9 Å². The molecule has 0 aliphatic heterocycles. The number of ether oxygens (including phenoxy) is 1. The van der Waals surface area contributed by atoms with E-state index in [0.29, 0.717) is 25.1 Å². The second-order valence-electron chi connectivity index (χ2n) is 5.00. The molecule has 4 nitrogen and oxygen atoms in total. The topological polar surface area (TPSA) is 41.6 Å². The van der Waals surface area contributed by atoms with Crippen LogP contribution in [0.4, 0.5) is 0 Å². The molecule has 0 heterocycles. The number of carbonyl (C=O) groups excluding carboxylic acids is 1. The van der Waals surface area contributed by atoms with Crippen molar-refractivity contribution in [3.05, 3.63) is 0 Å². The Hall–Kier alpha value is -0.610. The summed E-state index contributed by atoms with van der Waals surface area (Å²) in [4.78, 5) is 13.9. The number of methoxy groups -OCH3 is 1. The highest BCUT2D eigenvalue weighted by molar-refractivity contribution is 5.78. The molecule has 4 heteroatoms. The van der Waals surface area contributed by atoms with Gasteiger partial charge in [0.1, 0.15) is 0 Å². The van der Waals surface area contributed by atoms with Gasteiger partial charge in [0.2, 0.25) is 5.91 Å². The number of amides is 1. The molecule has 2 atom stereocenters. The lowest BCUT2D eigenvalue weighted by molar-refractivity contribution is -0.132. The average Bonchev–Trinajstić information content (AvgIpc) is 2.34. The molecule has 0 aromatic carbocycles. The van der Waals surface area contributed by atoms with E-state index in [4.69, 9.17) is 4.74 Å². The van der Waals surface area contributed by atoms with Crippen molar-refractivity contribution in [3.8, 4) is 0 Å². The van der Waals surface area contributed by atoms with E-state index < -0.39 is 0 Å². The lowest BCUT2D eigenvalue weighted by Gasteiger charge is -2.36. The number of nitrogens with zero attached hydrogens (tertiary/aromatic N) is 1. The summed E-state index contributed by atoms with van der Waals surface area (Å²) in [6.45, 7) is 4.06. The fourth-order valence-corrected chi connectivity index (χ4v) is 2.55. The Morgan fingerprint density at radius 2 is 2.12 bits per heavy atom. The third kappa shape index (κ3) is 4.64. The molecule has 1 rings (SSSR count). The molecule has 2 unspecified atom stereocenters. The van der Waals surface area contributed by atoms with Gasteiger partial charge in [0.05, 0.1) is 13.2 Å². The van der Waals surface area contributed by atoms with Crippen LogP contribution in [0.1, 0.15) is 32.6 Å². The maximum atomic E-state index is 12.0. The molecule has 1 amide bonds. The van der Waals surface area contributed by atoms with E-state index in [1.54, 1.807) is 7.11 Å². The number of nitrogens with one attached hydrogen (secondary N) is 1. The summed E-state index contributed by atoms with van der Waals surface area (Å²) in [6, 6.07) is 0.431. The number of likely N-dealkylation sites (N-methyl/N-ethyl adjacent to an activating group) is 1. The van der Waals surface area contributed by atoms with Crippen LogP contribution in [0.2, 0.25) is 0 Å². The largest absolute Gasteiger partial charge is 0.383 e. The molecule has 100 valence electrons. The van der Waals surface area contributed by atoms with Crippen molar-refractivity contribution in [2.24, 2.45) is 5.92 Å².